The van der Waals surface area contributed by atoms with Gasteiger partial charge in [0.25, 0.3) is 0 Å². The molecule has 0 saturated carbocycles. The lowest BCUT2D eigenvalue weighted by molar-refractivity contribution is 0.123. The first-order valence-corrected chi connectivity index (χ1v) is 4.91. The molecule has 2 aliphatic carbocycles. The molecule has 1 unspecified atom stereocenters. The highest BCUT2D eigenvalue weighted by atomic mass is 16.3. The molecule has 1 N–H and O–H groups in total. The molecular weight excluding hydrogens is 148 g/mol. The molecule has 0 fully saturated rings. The molecule has 0 aromatic rings. The van der Waals surface area contributed by atoms with Crippen LogP contribution in [0.15, 0.2) is 23.8 Å². The SMILES string of the molecule is OC1(C2=CCCCC2)C=CCC1. The smallest absolute Gasteiger partial charge is 0.104 e. The van der Waals surface area contributed by atoms with Gasteiger partial charge in [0, 0.05) is 0 Å². The lowest BCUT2D eigenvalue weighted by Crippen LogP contribution is -2.26. The fourth-order valence-electron chi connectivity index (χ4n) is 2.16. The molecule has 66 valence electrons. The van der Waals surface area contributed by atoms with E-state index in [4.69, 9.17) is 0 Å². The Kier molecular flexibility index (Phi) is 2.05. The van der Waals surface area contributed by atoms with Crippen LogP contribution in [0.2, 0.25) is 0 Å². The molecule has 2 aliphatic rings. The van der Waals surface area contributed by atoms with Gasteiger partial charge < -0.3 is 5.11 Å². The first-order valence-electron chi connectivity index (χ1n) is 4.91. The Morgan fingerprint density at radius 2 is 2.17 bits per heavy atom. The molecule has 0 radical (unpaired) electrons. The van der Waals surface area contributed by atoms with Crippen LogP contribution in [0.1, 0.15) is 38.5 Å². The first kappa shape index (κ1) is 8.06. The van der Waals surface area contributed by atoms with Crippen LogP contribution in [-0.4, -0.2) is 10.7 Å². The summed E-state index contributed by atoms with van der Waals surface area (Å²) in [5.74, 6) is 0. The summed E-state index contributed by atoms with van der Waals surface area (Å²) in [4.78, 5) is 0. The second-order valence-electron chi connectivity index (χ2n) is 3.84. The van der Waals surface area contributed by atoms with Crippen molar-refractivity contribution in [1.82, 2.24) is 0 Å². The summed E-state index contributed by atoms with van der Waals surface area (Å²) in [5, 5.41) is 10.2. The average Bonchev–Trinajstić information content (AvgIpc) is 2.55. The van der Waals surface area contributed by atoms with E-state index in [2.05, 4.69) is 12.2 Å². The average molecular weight is 164 g/mol. The lowest BCUT2D eigenvalue weighted by Gasteiger charge is -2.26. The molecule has 12 heavy (non-hydrogen) atoms. The standard InChI is InChI=1S/C11H16O/c12-11(8-4-5-9-11)10-6-2-1-3-7-10/h4,6,8,12H,1-3,5,7,9H2. The van der Waals surface area contributed by atoms with Crippen molar-refractivity contribution in [2.75, 3.05) is 0 Å². The van der Waals surface area contributed by atoms with Crippen molar-refractivity contribution < 1.29 is 5.11 Å². The third-order valence-corrected chi connectivity index (χ3v) is 2.93. The van der Waals surface area contributed by atoms with Gasteiger partial charge in [-0.2, -0.15) is 0 Å². The number of hydrogen-bond donors (Lipinski definition) is 1. The summed E-state index contributed by atoms with van der Waals surface area (Å²) in [7, 11) is 0. The maximum atomic E-state index is 10.2. The second kappa shape index (κ2) is 3.06. The number of hydrogen-bond acceptors (Lipinski definition) is 1. The van der Waals surface area contributed by atoms with Crippen LogP contribution in [0.5, 0.6) is 0 Å². The zero-order valence-electron chi connectivity index (χ0n) is 7.42. The van der Waals surface area contributed by atoms with E-state index in [1.165, 1.54) is 18.4 Å². The number of allylic oxidation sites excluding steroid dienone is 2. The molecule has 0 aliphatic heterocycles. The fourth-order valence-corrected chi connectivity index (χ4v) is 2.16. The predicted molar refractivity (Wildman–Crippen MR) is 49.9 cm³/mol. The molecule has 1 atom stereocenters. The van der Waals surface area contributed by atoms with Crippen molar-refractivity contribution >= 4 is 0 Å². The number of rotatable bonds is 1. The van der Waals surface area contributed by atoms with Gasteiger partial charge in [-0.1, -0.05) is 18.2 Å². The van der Waals surface area contributed by atoms with Crippen molar-refractivity contribution in [1.29, 1.82) is 0 Å². The number of aliphatic hydroxyl groups is 1. The molecular formula is C11H16O. The quantitative estimate of drug-likeness (QED) is 0.590. The molecule has 2 rings (SSSR count). The normalized spacial score (nSPS) is 35.2. The molecule has 0 aromatic carbocycles. The van der Waals surface area contributed by atoms with E-state index in [9.17, 15) is 5.11 Å². The minimum absolute atomic E-state index is 0.555. The van der Waals surface area contributed by atoms with Crippen LogP contribution in [0.25, 0.3) is 0 Å². The van der Waals surface area contributed by atoms with E-state index >= 15 is 0 Å². The third-order valence-electron chi connectivity index (χ3n) is 2.93. The van der Waals surface area contributed by atoms with E-state index < -0.39 is 5.60 Å². The van der Waals surface area contributed by atoms with E-state index in [1.54, 1.807) is 0 Å². The minimum atomic E-state index is -0.555. The van der Waals surface area contributed by atoms with E-state index in [0.29, 0.717) is 0 Å². The van der Waals surface area contributed by atoms with Gasteiger partial charge in [0.1, 0.15) is 5.60 Å². The molecule has 0 spiro atoms. The summed E-state index contributed by atoms with van der Waals surface area (Å²) < 4.78 is 0. The summed E-state index contributed by atoms with van der Waals surface area (Å²) in [6, 6.07) is 0. The Labute approximate surface area is 73.8 Å². The van der Waals surface area contributed by atoms with Crippen LogP contribution >= 0.6 is 0 Å². The van der Waals surface area contributed by atoms with Crippen LogP contribution in [-0.2, 0) is 0 Å². The molecule has 0 saturated heterocycles. The van der Waals surface area contributed by atoms with Crippen molar-refractivity contribution in [3.8, 4) is 0 Å². The summed E-state index contributed by atoms with van der Waals surface area (Å²) in [6.45, 7) is 0. The molecule has 0 heterocycles. The van der Waals surface area contributed by atoms with Crippen LogP contribution in [0, 0.1) is 0 Å². The van der Waals surface area contributed by atoms with Gasteiger partial charge in [-0.05, 0) is 44.1 Å². The van der Waals surface area contributed by atoms with Gasteiger partial charge in [-0.15, -0.1) is 0 Å². The van der Waals surface area contributed by atoms with Gasteiger partial charge in [0.2, 0.25) is 0 Å². The fraction of sp³-hybridized carbons (Fsp3) is 0.636. The summed E-state index contributed by atoms with van der Waals surface area (Å²) in [6.07, 6.45) is 13.0. The molecule has 0 amide bonds. The second-order valence-corrected chi connectivity index (χ2v) is 3.84. The minimum Gasteiger partial charge on any atom is -0.381 e. The highest BCUT2D eigenvalue weighted by Crippen LogP contribution is 2.35. The Balaban J connectivity index is 2.16. The van der Waals surface area contributed by atoms with Crippen LogP contribution in [0.3, 0.4) is 0 Å². The zero-order valence-corrected chi connectivity index (χ0v) is 7.42. The van der Waals surface area contributed by atoms with Crippen LogP contribution < -0.4 is 0 Å². The van der Waals surface area contributed by atoms with Crippen molar-refractivity contribution in [2.45, 2.75) is 44.1 Å². The van der Waals surface area contributed by atoms with Gasteiger partial charge >= 0.3 is 0 Å². The maximum absolute atomic E-state index is 10.2. The van der Waals surface area contributed by atoms with E-state index in [1.807, 2.05) is 6.08 Å². The molecule has 0 aromatic heterocycles. The topological polar surface area (TPSA) is 20.2 Å². The zero-order chi connectivity index (χ0) is 8.44. The van der Waals surface area contributed by atoms with Gasteiger partial charge in [-0.25, -0.2) is 0 Å². The van der Waals surface area contributed by atoms with E-state index in [-0.39, 0.29) is 0 Å². The Hall–Kier alpha value is -0.560. The van der Waals surface area contributed by atoms with Crippen LogP contribution in [0.4, 0.5) is 0 Å². The highest BCUT2D eigenvalue weighted by molar-refractivity contribution is 5.29. The van der Waals surface area contributed by atoms with Gasteiger partial charge in [0.05, 0.1) is 0 Å². The van der Waals surface area contributed by atoms with Crippen molar-refractivity contribution in [2.24, 2.45) is 0 Å². The van der Waals surface area contributed by atoms with Gasteiger partial charge in [0.15, 0.2) is 0 Å². The Morgan fingerprint density at radius 3 is 2.75 bits per heavy atom. The third kappa shape index (κ3) is 1.34. The Morgan fingerprint density at radius 1 is 1.25 bits per heavy atom. The molecule has 1 nitrogen and oxygen atoms in total. The summed E-state index contributed by atoms with van der Waals surface area (Å²) in [5.41, 5.74) is 0.711. The first-order chi connectivity index (χ1) is 5.81. The van der Waals surface area contributed by atoms with Crippen molar-refractivity contribution in [3.63, 3.8) is 0 Å². The monoisotopic (exact) mass is 164 g/mol. The largest absolute Gasteiger partial charge is 0.381 e. The van der Waals surface area contributed by atoms with Crippen molar-refractivity contribution in [3.05, 3.63) is 23.8 Å². The Bertz CT molecular complexity index is 227. The molecule has 1 heteroatoms. The maximum Gasteiger partial charge on any atom is 0.104 e. The lowest BCUT2D eigenvalue weighted by atomic mass is 9.85. The predicted octanol–water partition coefficient (Wildman–Crippen LogP) is 2.57. The highest BCUT2D eigenvalue weighted by Gasteiger charge is 2.30. The van der Waals surface area contributed by atoms with E-state index in [0.717, 1.165) is 25.7 Å². The molecule has 0 bridgehead atoms. The van der Waals surface area contributed by atoms with Gasteiger partial charge in [-0.3, -0.25) is 0 Å². The summed E-state index contributed by atoms with van der Waals surface area (Å²) >= 11 is 0.